The second-order valence-electron chi connectivity index (χ2n) is 5.97. The minimum absolute atomic E-state index is 0.254. The van der Waals surface area contributed by atoms with Gasteiger partial charge < -0.3 is 10.1 Å². The lowest BCUT2D eigenvalue weighted by Crippen LogP contribution is -2.41. The molecule has 2 aromatic rings. The highest BCUT2D eigenvalue weighted by Crippen LogP contribution is 2.21. The lowest BCUT2D eigenvalue weighted by molar-refractivity contribution is -0.119. The molecule has 0 heterocycles. The molecule has 0 aliphatic heterocycles. The molecular weight excluding hydrogens is 352 g/mol. The van der Waals surface area contributed by atoms with E-state index in [1.807, 2.05) is 43.3 Å². The monoisotopic (exact) mass is 376 g/mol. The number of para-hydroxylation sites is 2. The van der Waals surface area contributed by atoms with E-state index in [4.69, 9.17) is 4.74 Å². The van der Waals surface area contributed by atoms with Gasteiger partial charge in [-0.1, -0.05) is 36.4 Å². The van der Waals surface area contributed by atoms with Crippen LogP contribution in [0.15, 0.2) is 48.5 Å². The van der Waals surface area contributed by atoms with Gasteiger partial charge in [0.1, 0.15) is 12.3 Å². The lowest BCUT2D eigenvalue weighted by atomic mass is 10.1. The van der Waals surface area contributed by atoms with Crippen molar-refractivity contribution in [3.63, 3.8) is 0 Å². The average Bonchev–Trinajstić information content (AvgIpc) is 2.60. The molecule has 140 valence electrons. The lowest BCUT2D eigenvalue weighted by Gasteiger charge is -2.23. The van der Waals surface area contributed by atoms with E-state index in [0.29, 0.717) is 18.7 Å². The number of methoxy groups -OCH3 is 1. The summed E-state index contributed by atoms with van der Waals surface area (Å²) in [6.07, 6.45) is 1.69. The van der Waals surface area contributed by atoms with Crippen LogP contribution in [0.1, 0.15) is 11.1 Å². The fraction of sp³-hybridized carbons (Fsp3) is 0.316. The van der Waals surface area contributed by atoms with Crippen LogP contribution >= 0.6 is 0 Å². The number of benzene rings is 2. The van der Waals surface area contributed by atoms with Crippen LogP contribution in [-0.4, -0.2) is 40.8 Å². The number of anilines is 1. The van der Waals surface area contributed by atoms with Gasteiger partial charge in [0.25, 0.3) is 0 Å². The van der Waals surface area contributed by atoms with E-state index in [9.17, 15) is 13.2 Å². The highest BCUT2D eigenvalue weighted by molar-refractivity contribution is 7.92. The van der Waals surface area contributed by atoms with Crippen LogP contribution in [0.4, 0.5) is 5.69 Å². The standard InChI is InChI=1S/C19H24N2O4S/c1-15-8-4-6-10-17(15)21(26(3,23)24)14-19(22)20-13-12-16-9-5-7-11-18(16)25-2/h4-11H,12-14H2,1-3H3,(H,20,22). The smallest absolute Gasteiger partial charge is 0.240 e. The van der Waals surface area contributed by atoms with E-state index in [1.165, 1.54) is 0 Å². The van der Waals surface area contributed by atoms with E-state index < -0.39 is 10.0 Å². The summed E-state index contributed by atoms with van der Waals surface area (Å²) >= 11 is 0. The van der Waals surface area contributed by atoms with E-state index in [-0.39, 0.29) is 12.5 Å². The van der Waals surface area contributed by atoms with Crippen molar-refractivity contribution in [2.24, 2.45) is 0 Å². The largest absolute Gasteiger partial charge is 0.496 e. The summed E-state index contributed by atoms with van der Waals surface area (Å²) in [5.41, 5.74) is 2.28. The third-order valence-corrected chi connectivity index (χ3v) is 5.11. The fourth-order valence-corrected chi connectivity index (χ4v) is 3.57. The van der Waals surface area contributed by atoms with E-state index in [1.54, 1.807) is 19.2 Å². The van der Waals surface area contributed by atoms with Gasteiger partial charge in [0.05, 0.1) is 19.1 Å². The summed E-state index contributed by atoms with van der Waals surface area (Å²) in [6.45, 7) is 1.95. The van der Waals surface area contributed by atoms with E-state index in [2.05, 4.69) is 5.32 Å². The number of sulfonamides is 1. The van der Waals surface area contributed by atoms with Crippen LogP contribution in [0.2, 0.25) is 0 Å². The number of ether oxygens (including phenoxy) is 1. The Morgan fingerprint density at radius 1 is 1.12 bits per heavy atom. The molecule has 0 aliphatic rings. The van der Waals surface area contributed by atoms with Crippen molar-refractivity contribution in [3.05, 3.63) is 59.7 Å². The number of hydrogen-bond donors (Lipinski definition) is 1. The molecule has 2 rings (SSSR count). The molecule has 1 N–H and O–H groups in total. The highest BCUT2D eigenvalue weighted by Gasteiger charge is 2.21. The zero-order valence-corrected chi connectivity index (χ0v) is 16.0. The molecular formula is C19H24N2O4S. The van der Waals surface area contributed by atoms with Crippen LogP contribution in [0.25, 0.3) is 0 Å². The van der Waals surface area contributed by atoms with Gasteiger partial charge in [-0.05, 0) is 36.6 Å². The Morgan fingerprint density at radius 2 is 1.77 bits per heavy atom. The summed E-state index contributed by atoms with van der Waals surface area (Å²) < 4.78 is 30.7. The normalized spacial score (nSPS) is 11.0. The summed E-state index contributed by atoms with van der Waals surface area (Å²) in [6, 6.07) is 14.7. The molecule has 0 aromatic heterocycles. The van der Waals surface area contributed by atoms with Crippen molar-refractivity contribution < 1.29 is 17.9 Å². The van der Waals surface area contributed by atoms with Crippen LogP contribution in [0, 0.1) is 6.92 Å². The van der Waals surface area contributed by atoms with Crippen molar-refractivity contribution in [2.45, 2.75) is 13.3 Å². The molecule has 0 radical (unpaired) electrons. The molecule has 0 unspecified atom stereocenters. The third kappa shape index (κ3) is 5.23. The van der Waals surface area contributed by atoms with E-state index in [0.717, 1.165) is 27.4 Å². The Bertz CT molecular complexity index is 865. The van der Waals surface area contributed by atoms with Gasteiger partial charge in [0, 0.05) is 6.54 Å². The van der Waals surface area contributed by atoms with Crippen molar-refractivity contribution in [2.75, 3.05) is 30.8 Å². The summed E-state index contributed by atoms with van der Waals surface area (Å²) in [5, 5.41) is 2.77. The molecule has 0 aliphatic carbocycles. The van der Waals surface area contributed by atoms with Gasteiger partial charge in [-0.3, -0.25) is 9.10 Å². The first-order valence-corrected chi connectivity index (χ1v) is 10.1. The Hall–Kier alpha value is -2.54. The van der Waals surface area contributed by atoms with E-state index >= 15 is 0 Å². The number of hydrogen-bond acceptors (Lipinski definition) is 4. The third-order valence-electron chi connectivity index (χ3n) is 3.98. The number of amides is 1. The summed E-state index contributed by atoms with van der Waals surface area (Å²) in [4.78, 5) is 12.3. The highest BCUT2D eigenvalue weighted by atomic mass is 32.2. The van der Waals surface area contributed by atoms with Crippen molar-refractivity contribution in [3.8, 4) is 5.75 Å². The molecule has 0 fully saturated rings. The first kappa shape index (κ1) is 19.8. The maximum atomic E-state index is 12.3. The maximum absolute atomic E-state index is 12.3. The van der Waals surface area contributed by atoms with Gasteiger partial charge >= 0.3 is 0 Å². The van der Waals surface area contributed by atoms with Crippen molar-refractivity contribution >= 4 is 21.6 Å². The molecule has 2 aromatic carbocycles. The molecule has 26 heavy (non-hydrogen) atoms. The summed E-state index contributed by atoms with van der Waals surface area (Å²) in [5.74, 6) is 0.410. The number of nitrogens with one attached hydrogen (secondary N) is 1. The quantitative estimate of drug-likeness (QED) is 0.766. The topological polar surface area (TPSA) is 75.7 Å². The Kier molecular flexibility index (Phi) is 6.63. The minimum atomic E-state index is -3.57. The first-order chi connectivity index (χ1) is 12.3. The summed E-state index contributed by atoms with van der Waals surface area (Å²) in [7, 11) is -1.97. The zero-order chi connectivity index (χ0) is 19.2. The Morgan fingerprint density at radius 3 is 2.42 bits per heavy atom. The average molecular weight is 376 g/mol. The number of carbonyl (C=O) groups is 1. The zero-order valence-electron chi connectivity index (χ0n) is 15.2. The number of aryl methyl sites for hydroxylation is 1. The SMILES string of the molecule is COc1ccccc1CCNC(=O)CN(c1ccccc1C)S(C)(=O)=O. The van der Waals surface area contributed by atoms with Crippen molar-refractivity contribution in [1.29, 1.82) is 0 Å². The minimum Gasteiger partial charge on any atom is -0.496 e. The Balaban J connectivity index is 2.01. The van der Waals surface area contributed by atoms with Gasteiger partial charge in [0.15, 0.2) is 0 Å². The van der Waals surface area contributed by atoms with Gasteiger partial charge in [-0.25, -0.2) is 8.42 Å². The molecule has 0 bridgehead atoms. The molecule has 0 atom stereocenters. The van der Waals surface area contributed by atoms with Gasteiger partial charge in [-0.15, -0.1) is 0 Å². The molecule has 1 amide bonds. The second kappa shape index (κ2) is 8.71. The molecule has 0 saturated carbocycles. The van der Waals surface area contributed by atoms with Crippen LogP contribution in [-0.2, 0) is 21.2 Å². The Labute approximate surface area is 154 Å². The fourth-order valence-electron chi connectivity index (χ4n) is 2.66. The number of nitrogens with zero attached hydrogens (tertiary/aromatic N) is 1. The maximum Gasteiger partial charge on any atom is 0.240 e. The molecule has 0 spiro atoms. The number of rotatable bonds is 8. The second-order valence-corrected chi connectivity index (χ2v) is 7.87. The van der Waals surface area contributed by atoms with Crippen LogP contribution < -0.4 is 14.4 Å². The van der Waals surface area contributed by atoms with Gasteiger partial charge in [-0.2, -0.15) is 0 Å². The van der Waals surface area contributed by atoms with Gasteiger partial charge in [0.2, 0.25) is 15.9 Å². The molecule has 6 nitrogen and oxygen atoms in total. The predicted molar refractivity (Wildman–Crippen MR) is 103 cm³/mol. The molecule has 7 heteroatoms. The van der Waals surface area contributed by atoms with Crippen molar-refractivity contribution in [1.82, 2.24) is 5.32 Å². The molecule has 0 saturated heterocycles. The van der Waals surface area contributed by atoms with Crippen LogP contribution in [0.3, 0.4) is 0 Å². The first-order valence-electron chi connectivity index (χ1n) is 8.25. The number of carbonyl (C=O) groups excluding carboxylic acids is 1. The predicted octanol–water partition coefficient (Wildman–Crippen LogP) is 2.13. The van der Waals surface area contributed by atoms with Crippen LogP contribution in [0.5, 0.6) is 5.75 Å².